The number of nitrogens with zero attached hydrogens (tertiary/aromatic N) is 2. The molecule has 0 aliphatic carbocycles. The maximum Gasteiger partial charge on any atom is 0.419 e. The molecule has 1 N–H and O–H groups in total. The third kappa shape index (κ3) is 4.19. The largest absolute Gasteiger partial charge is 0.419 e. The van der Waals surface area contributed by atoms with Crippen molar-refractivity contribution in [1.29, 1.82) is 0 Å². The minimum Gasteiger partial charge on any atom is -0.408 e. The molecule has 2 aromatic carbocycles. The summed E-state index contributed by atoms with van der Waals surface area (Å²) in [6.45, 7) is 1.35. The van der Waals surface area contributed by atoms with Crippen LogP contribution in [-0.2, 0) is 22.7 Å². The molecule has 0 bridgehead atoms. The van der Waals surface area contributed by atoms with E-state index in [0.717, 1.165) is 24.2 Å². The van der Waals surface area contributed by atoms with E-state index in [0.29, 0.717) is 29.1 Å². The molecule has 8 heteroatoms. The minimum absolute atomic E-state index is 0.148. The van der Waals surface area contributed by atoms with Gasteiger partial charge in [0.25, 0.3) is 0 Å². The van der Waals surface area contributed by atoms with Gasteiger partial charge in [0.15, 0.2) is 5.58 Å². The average molecular weight is 414 g/mol. The Bertz CT molecular complexity index is 1120. The second-order valence-corrected chi connectivity index (χ2v) is 7.41. The molecule has 0 atom stereocenters. The molecule has 3 aromatic rings. The first-order chi connectivity index (χ1) is 14.0. The normalized spacial score (nSPS) is 14.0. The maximum absolute atomic E-state index is 12.2. The van der Waals surface area contributed by atoms with Crippen LogP contribution in [-0.4, -0.2) is 22.9 Å². The molecule has 0 saturated carbocycles. The van der Waals surface area contributed by atoms with Gasteiger partial charge in [0, 0.05) is 49.3 Å². The molecule has 1 saturated heterocycles. The summed E-state index contributed by atoms with van der Waals surface area (Å²) in [7, 11) is 0. The van der Waals surface area contributed by atoms with Crippen LogP contribution < -0.4 is 16.0 Å². The summed E-state index contributed by atoms with van der Waals surface area (Å²) in [5.74, 6) is -0.531. The minimum atomic E-state index is -0.512. The van der Waals surface area contributed by atoms with Crippen molar-refractivity contribution in [3.63, 3.8) is 0 Å². The number of aromatic nitrogens is 1. The van der Waals surface area contributed by atoms with E-state index >= 15 is 0 Å². The predicted octanol–water partition coefficient (Wildman–Crippen LogP) is 3.08. The zero-order valence-corrected chi connectivity index (χ0v) is 16.4. The van der Waals surface area contributed by atoms with Gasteiger partial charge in [-0.15, -0.1) is 0 Å². The Labute approximate surface area is 171 Å². The molecule has 2 heterocycles. The summed E-state index contributed by atoms with van der Waals surface area (Å²) in [5.41, 5.74) is 2.84. The van der Waals surface area contributed by atoms with Gasteiger partial charge in [-0.2, -0.15) is 0 Å². The van der Waals surface area contributed by atoms with Crippen LogP contribution in [0, 0.1) is 0 Å². The quantitative estimate of drug-likeness (QED) is 0.673. The second-order valence-electron chi connectivity index (χ2n) is 6.97. The number of hydrogen-bond donors (Lipinski definition) is 1. The molecule has 1 aliphatic rings. The Morgan fingerprint density at radius 2 is 1.93 bits per heavy atom. The molecule has 1 aromatic heterocycles. The van der Waals surface area contributed by atoms with E-state index in [2.05, 4.69) is 5.32 Å². The van der Waals surface area contributed by atoms with E-state index < -0.39 is 5.76 Å². The van der Waals surface area contributed by atoms with Crippen LogP contribution >= 0.6 is 11.6 Å². The molecule has 29 heavy (non-hydrogen) atoms. The van der Waals surface area contributed by atoms with E-state index in [1.54, 1.807) is 23.1 Å². The standard InChI is InChI=1S/C21H20ClN3O4/c22-15-5-8-17-18(12-15)29-21(28)25(17)11-9-19(26)23-13-14-3-6-16(7-4-14)24-10-1-2-20(24)27/h3-8,12H,1-2,9-11,13H2,(H,23,26). The van der Waals surface area contributed by atoms with Crippen LogP contribution in [0.15, 0.2) is 51.7 Å². The van der Waals surface area contributed by atoms with E-state index in [-0.39, 0.29) is 24.8 Å². The summed E-state index contributed by atoms with van der Waals surface area (Å²) in [6, 6.07) is 12.5. The predicted molar refractivity (Wildman–Crippen MR) is 110 cm³/mol. The summed E-state index contributed by atoms with van der Waals surface area (Å²) < 4.78 is 6.59. The number of benzene rings is 2. The van der Waals surface area contributed by atoms with Gasteiger partial charge in [0.05, 0.1) is 5.52 Å². The topological polar surface area (TPSA) is 84.5 Å². The zero-order chi connectivity index (χ0) is 20.4. The second kappa shape index (κ2) is 8.13. The lowest BCUT2D eigenvalue weighted by Gasteiger charge is -2.16. The fourth-order valence-electron chi connectivity index (χ4n) is 3.47. The Kier molecular flexibility index (Phi) is 5.40. The summed E-state index contributed by atoms with van der Waals surface area (Å²) >= 11 is 5.91. The van der Waals surface area contributed by atoms with E-state index in [4.69, 9.17) is 16.0 Å². The third-order valence-corrected chi connectivity index (χ3v) is 5.24. The number of halogens is 1. The highest BCUT2D eigenvalue weighted by atomic mass is 35.5. The SMILES string of the molecule is O=C(CCn1c(=O)oc2cc(Cl)ccc21)NCc1ccc(N2CCCC2=O)cc1. The van der Waals surface area contributed by atoms with Crippen LogP contribution in [0.25, 0.3) is 11.1 Å². The third-order valence-electron chi connectivity index (χ3n) is 5.00. The van der Waals surface area contributed by atoms with Crippen molar-refractivity contribution in [1.82, 2.24) is 9.88 Å². The van der Waals surface area contributed by atoms with Crippen LogP contribution in [0.2, 0.25) is 5.02 Å². The molecule has 0 spiro atoms. The number of fused-ring (bicyclic) bond motifs is 1. The van der Waals surface area contributed by atoms with E-state index in [1.165, 1.54) is 4.57 Å². The number of hydrogen-bond acceptors (Lipinski definition) is 4. The van der Waals surface area contributed by atoms with Gasteiger partial charge >= 0.3 is 5.76 Å². The van der Waals surface area contributed by atoms with Crippen molar-refractivity contribution >= 4 is 40.2 Å². The molecule has 7 nitrogen and oxygen atoms in total. The van der Waals surface area contributed by atoms with E-state index in [9.17, 15) is 14.4 Å². The van der Waals surface area contributed by atoms with Crippen LogP contribution in [0.1, 0.15) is 24.8 Å². The maximum atomic E-state index is 12.2. The van der Waals surface area contributed by atoms with Crippen LogP contribution in [0.3, 0.4) is 0 Å². The van der Waals surface area contributed by atoms with Crippen molar-refractivity contribution in [2.75, 3.05) is 11.4 Å². The highest BCUT2D eigenvalue weighted by molar-refractivity contribution is 6.31. The van der Waals surface area contributed by atoms with Gasteiger partial charge in [-0.3, -0.25) is 14.2 Å². The average Bonchev–Trinajstić information content (AvgIpc) is 3.27. The van der Waals surface area contributed by atoms with Crippen LogP contribution in [0.5, 0.6) is 0 Å². The first-order valence-corrected chi connectivity index (χ1v) is 9.84. The Morgan fingerprint density at radius 3 is 2.66 bits per heavy atom. The molecule has 4 rings (SSSR count). The highest BCUT2D eigenvalue weighted by Crippen LogP contribution is 2.21. The van der Waals surface area contributed by atoms with Crippen molar-refractivity contribution in [2.24, 2.45) is 0 Å². The van der Waals surface area contributed by atoms with Gasteiger partial charge < -0.3 is 14.6 Å². The lowest BCUT2D eigenvalue weighted by Crippen LogP contribution is -2.26. The fraction of sp³-hybridized carbons (Fsp3) is 0.286. The van der Waals surface area contributed by atoms with Crippen molar-refractivity contribution in [2.45, 2.75) is 32.4 Å². The van der Waals surface area contributed by atoms with Gasteiger partial charge in [0.2, 0.25) is 11.8 Å². The number of carbonyl (C=O) groups excluding carboxylic acids is 2. The molecular weight excluding hydrogens is 394 g/mol. The number of rotatable bonds is 6. The monoisotopic (exact) mass is 413 g/mol. The number of oxazole rings is 1. The fourth-order valence-corrected chi connectivity index (χ4v) is 3.63. The molecule has 2 amide bonds. The lowest BCUT2D eigenvalue weighted by molar-refractivity contribution is -0.121. The Morgan fingerprint density at radius 1 is 1.14 bits per heavy atom. The Balaban J connectivity index is 1.32. The van der Waals surface area contributed by atoms with Gasteiger partial charge in [0.1, 0.15) is 0 Å². The van der Waals surface area contributed by atoms with Gasteiger partial charge in [-0.1, -0.05) is 23.7 Å². The number of aryl methyl sites for hydroxylation is 1. The summed E-state index contributed by atoms with van der Waals surface area (Å²) in [4.78, 5) is 37.8. The van der Waals surface area contributed by atoms with Gasteiger partial charge in [-0.25, -0.2) is 4.79 Å². The van der Waals surface area contributed by atoms with Crippen molar-refractivity contribution in [3.05, 3.63) is 63.6 Å². The number of anilines is 1. The molecule has 1 fully saturated rings. The molecular formula is C21H20ClN3O4. The van der Waals surface area contributed by atoms with Crippen molar-refractivity contribution in [3.8, 4) is 0 Å². The van der Waals surface area contributed by atoms with Crippen molar-refractivity contribution < 1.29 is 14.0 Å². The first-order valence-electron chi connectivity index (χ1n) is 9.46. The molecule has 1 aliphatic heterocycles. The number of nitrogens with one attached hydrogen (secondary N) is 1. The number of amides is 2. The highest BCUT2D eigenvalue weighted by Gasteiger charge is 2.21. The van der Waals surface area contributed by atoms with Gasteiger partial charge in [-0.05, 0) is 36.2 Å². The molecule has 0 radical (unpaired) electrons. The smallest absolute Gasteiger partial charge is 0.408 e. The number of carbonyl (C=O) groups is 2. The lowest BCUT2D eigenvalue weighted by atomic mass is 10.2. The summed E-state index contributed by atoms with van der Waals surface area (Å²) in [6.07, 6.45) is 1.64. The zero-order valence-electron chi connectivity index (χ0n) is 15.7. The summed E-state index contributed by atoms with van der Waals surface area (Å²) in [5, 5.41) is 3.33. The van der Waals surface area contributed by atoms with E-state index in [1.807, 2.05) is 24.3 Å². The molecule has 150 valence electrons. The molecule has 0 unspecified atom stereocenters. The first kappa shape index (κ1) is 19.3. The Hall–Kier alpha value is -3.06. The van der Waals surface area contributed by atoms with Crippen LogP contribution in [0.4, 0.5) is 5.69 Å².